The standard InChI is InChI=1S/C12H14N4O/c13-5-8-1-2-16(7-8)12(17)15-11-4-9-3-10(11)14-6-9/h1-2,7,9-11,14H,3-4,6H2,(H,15,17). The van der Waals surface area contributed by atoms with Crippen LogP contribution >= 0.6 is 0 Å². The van der Waals surface area contributed by atoms with E-state index in [9.17, 15) is 4.79 Å². The Balaban J connectivity index is 1.66. The number of piperidine rings is 1. The molecular formula is C12H14N4O. The van der Waals surface area contributed by atoms with E-state index in [1.807, 2.05) is 6.07 Å². The Hall–Kier alpha value is -1.80. The fourth-order valence-corrected chi connectivity index (χ4v) is 2.83. The molecule has 2 bridgehead atoms. The number of aromatic nitrogens is 1. The molecule has 88 valence electrons. The number of nitrogens with one attached hydrogen (secondary N) is 2. The monoisotopic (exact) mass is 230 g/mol. The summed E-state index contributed by atoms with van der Waals surface area (Å²) in [4.78, 5) is 11.9. The topological polar surface area (TPSA) is 69.8 Å². The van der Waals surface area contributed by atoms with Crippen molar-refractivity contribution in [2.75, 3.05) is 6.54 Å². The van der Waals surface area contributed by atoms with Crippen molar-refractivity contribution in [1.29, 1.82) is 5.26 Å². The lowest BCUT2D eigenvalue weighted by Crippen LogP contribution is -2.48. The van der Waals surface area contributed by atoms with Gasteiger partial charge in [-0.25, -0.2) is 4.79 Å². The van der Waals surface area contributed by atoms with Gasteiger partial charge < -0.3 is 10.6 Å². The van der Waals surface area contributed by atoms with Crippen LogP contribution < -0.4 is 10.6 Å². The second-order valence-corrected chi connectivity index (χ2v) is 4.83. The highest BCUT2D eigenvalue weighted by molar-refractivity contribution is 5.77. The van der Waals surface area contributed by atoms with Crippen LogP contribution in [0.1, 0.15) is 18.4 Å². The largest absolute Gasteiger partial charge is 0.333 e. The second kappa shape index (κ2) is 3.90. The Kier molecular flexibility index (Phi) is 2.37. The first kappa shape index (κ1) is 10.4. The first-order valence-corrected chi connectivity index (χ1v) is 5.88. The van der Waals surface area contributed by atoms with Gasteiger partial charge in [-0.05, 0) is 31.4 Å². The van der Waals surface area contributed by atoms with Crippen LogP contribution in [0.4, 0.5) is 4.79 Å². The van der Waals surface area contributed by atoms with Crippen LogP contribution in [-0.2, 0) is 0 Å². The van der Waals surface area contributed by atoms with E-state index in [1.165, 1.54) is 11.0 Å². The van der Waals surface area contributed by atoms with E-state index in [1.54, 1.807) is 18.5 Å². The summed E-state index contributed by atoms with van der Waals surface area (Å²) in [5.74, 6) is 0.713. The average Bonchev–Trinajstić information content (AvgIpc) is 3.04. The van der Waals surface area contributed by atoms with Crippen LogP contribution in [0.3, 0.4) is 0 Å². The van der Waals surface area contributed by atoms with E-state index in [0.29, 0.717) is 17.5 Å². The van der Waals surface area contributed by atoms with E-state index >= 15 is 0 Å². The van der Waals surface area contributed by atoms with Crippen molar-refractivity contribution >= 4 is 6.03 Å². The smallest absolute Gasteiger partial charge is 0.325 e. The summed E-state index contributed by atoms with van der Waals surface area (Å²) in [6.07, 6.45) is 5.40. The summed E-state index contributed by atoms with van der Waals surface area (Å²) in [7, 11) is 0. The molecule has 2 aliphatic rings. The van der Waals surface area contributed by atoms with Gasteiger partial charge in [0.15, 0.2) is 0 Å². The van der Waals surface area contributed by atoms with Crippen molar-refractivity contribution in [2.24, 2.45) is 5.92 Å². The molecule has 3 atom stereocenters. The van der Waals surface area contributed by atoms with Crippen molar-refractivity contribution < 1.29 is 4.79 Å². The molecule has 0 radical (unpaired) electrons. The number of amides is 1. The number of hydrogen-bond donors (Lipinski definition) is 2. The average molecular weight is 230 g/mol. The van der Waals surface area contributed by atoms with E-state index < -0.39 is 0 Å². The minimum atomic E-state index is -0.147. The third-order valence-corrected chi connectivity index (χ3v) is 3.69. The Morgan fingerprint density at radius 3 is 3.06 bits per heavy atom. The SMILES string of the molecule is N#Cc1ccn(C(=O)NC2CC3CNC2C3)c1. The summed E-state index contributed by atoms with van der Waals surface area (Å²) in [5, 5.41) is 15.1. The molecule has 1 aliphatic heterocycles. The molecule has 1 aromatic heterocycles. The Morgan fingerprint density at radius 2 is 2.47 bits per heavy atom. The highest BCUT2D eigenvalue weighted by atomic mass is 16.2. The van der Waals surface area contributed by atoms with Gasteiger partial charge in [0.05, 0.1) is 5.56 Å². The summed E-state index contributed by atoms with van der Waals surface area (Å²) in [6, 6.07) is 4.16. The van der Waals surface area contributed by atoms with Crippen LogP contribution in [0.15, 0.2) is 18.5 Å². The number of rotatable bonds is 1. The fraction of sp³-hybridized carbons (Fsp3) is 0.500. The normalized spacial score (nSPS) is 30.2. The summed E-state index contributed by atoms with van der Waals surface area (Å²) < 4.78 is 1.44. The lowest BCUT2D eigenvalue weighted by atomic mass is 10.1. The molecule has 1 amide bonds. The quantitative estimate of drug-likeness (QED) is 0.745. The van der Waals surface area contributed by atoms with E-state index in [2.05, 4.69) is 10.6 Å². The molecule has 0 spiro atoms. The molecule has 2 fully saturated rings. The molecule has 2 N–H and O–H groups in total. The molecular weight excluding hydrogens is 216 g/mol. The minimum Gasteiger partial charge on any atom is -0.333 e. The summed E-state index contributed by atoms with van der Waals surface area (Å²) in [6.45, 7) is 1.08. The predicted octanol–water partition coefficient (Wildman–Crippen LogP) is 0.668. The van der Waals surface area contributed by atoms with Gasteiger partial charge in [-0.15, -0.1) is 0 Å². The zero-order valence-corrected chi connectivity index (χ0v) is 9.39. The van der Waals surface area contributed by atoms with Gasteiger partial charge in [0.2, 0.25) is 0 Å². The molecule has 2 heterocycles. The second-order valence-electron chi connectivity index (χ2n) is 4.83. The molecule has 1 aromatic rings. The van der Waals surface area contributed by atoms with Crippen LogP contribution in [-0.4, -0.2) is 29.2 Å². The summed E-state index contributed by atoms with van der Waals surface area (Å²) >= 11 is 0. The molecule has 5 heteroatoms. The van der Waals surface area contributed by atoms with Crippen LogP contribution in [0.25, 0.3) is 0 Å². The number of carbonyl (C=O) groups excluding carboxylic acids is 1. The zero-order chi connectivity index (χ0) is 11.8. The van der Waals surface area contributed by atoms with E-state index in [4.69, 9.17) is 5.26 Å². The maximum absolute atomic E-state index is 11.9. The van der Waals surface area contributed by atoms with Crippen molar-refractivity contribution in [2.45, 2.75) is 24.9 Å². The number of nitriles is 1. The Morgan fingerprint density at radius 1 is 1.59 bits per heavy atom. The van der Waals surface area contributed by atoms with Crippen molar-refractivity contribution in [3.63, 3.8) is 0 Å². The molecule has 1 saturated heterocycles. The van der Waals surface area contributed by atoms with Crippen molar-refractivity contribution in [3.05, 3.63) is 24.0 Å². The fourth-order valence-electron chi connectivity index (χ4n) is 2.83. The third-order valence-electron chi connectivity index (χ3n) is 3.69. The molecule has 0 aromatic carbocycles. The van der Waals surface area contributed by atoms with E-state index in [-0.39, 0.29) is 12.1 Å². The van der Waals surface area contributed by atoms with Crippen LogP contribution in [0.5, 0.6) is 0 Å². The van der Waals surface area contributed by atoms with Gasteiger partial charge in [0.1, 0.15) is 6.07 Å². The van der Waals surface area contributed by atoms with Gasteiger partial charge in [0, 0.05) is 24.5 Å². The molecule has 5 nitrogen and oxygen atoms in total. The summed E-state index contributed by atoms with van der Waals surface area (Å²) in [5.41, 5.74) is 0.506. The molecule has 3 rings (SSSR count). The Bertz CT molecular complexity index is 487. The lowest BCUT2D eigenvalue weighted by molar-refractivity contribution is 0.234. The highest BCUT2D eigenvalue weighted by Crippen LogP contribution is 2.31. The van der Waals surface area contributed by atoms with Crippen molar-refractivity contribution in [1.82, 2.24) is 15.2 Å². The molecule has 1 saturated carbocycles. The van der Waals surface area contributed by atoms with Gasteiger partial charge in [-0.2, -0.15) is 5.26 Å². The van der Waals surface area contributed by atoms with Gasteiger partial charge in [-0.3, -0.25) is 4.57 Å². The highest BCUT2D eigenvalue weighted by Gasteiger charge is 2.40. The maximum atomic E-state index is 11.9. The number of hydrogen-bond acceptors (Lipinski definition) is 3. The number of carbonyl (C=O) groups is 1. The number of nitrogens with zero attached hydrogens (tertiary/aromatic N) is 2. The molecule has 17 heavy (non-hydrogen) atoms. The zero-order valence-electron chi connectivity index (χ0n) is 9.39. The van der Waals surface area contributed by atoms with Crippen molar-refractivity contribution in [3.8, 4) is 6.07 Å². The third kappa shape index (κ3) is 1.81. The molecule has 1 aliphatic carbocycles. The van der Waals surface area contributed by atoms with E-state index in [0.717, 1.165) is 13.0 Å². The first-order valence-electron chi connectivity index (χ1n) is 5.88. The minimum absolute atomic E-state index is 0.147. The number of fused-ring (bicyclic) bond motifs is 2. The van der Waals surface area contributed by atoms with Crippen LogP contribution in [0, 0.1) is 17.2 Å². The van der Waals surface area contributed by atoms with Gasteiger partial charge >= 0.3 is 6.03 Å². The van der Waals surface area contributed by atoms with Gasteiger partial charge in [0.25, 0.3) is 0 Å². The van der Waals surface area contributed by atoms with Gasteiger partial charge in [-0.1, -0.05) is 0 Å². The first-order chi connectivity index (χ1) is 8.26. The maximum Gasteiger partial charge on any atom is 0.325 e. The lowest BCUT2D eigenvalue weighted by Gasteiger charge is -2.23. The molecule has 3 unspecified atom stereocenters. The Labute approximate surface area is 99.4 Å². The van der Waals surface area contributed by atoms with Crippen LogP contribution in [0.2, 0.25) is 0 Å². The predicted molar refractivity (Wildman–Crippen MR) is 61.4 cm³/mol.